The van der Waals surface area contributed by atoms with Crippen LogP contribution in [0.15, 0.2) is 50.5 Å². The lowest BCUT2D eigenvalue weighted by molar-refractivity contribution is -0.116. The van der Waals surface area contributed by atoms with E-state index in [4.69, 9.17) is 13.9 Å². The summed E-state index contributed by atoms with van der Waals surface area (Å²) in [6.07, 6.45) is 3.60. The van der Waals surface area contributed by atoms with Crippen molar-refractivity contribution in [2.45, 2.75) is 43.2 Å². The van der Waals surface area contributed by atoms with E-state index in [1.165, 1.54) is 32.4 Å². The number of anilines is 1. The average Bonchev–Trinajstić information content (AvgIpc) is 3.40. The van der Waals surface area contributed by atoms with Crippen LogP contribution in [-0.4, -0.2) is 39.2 Å². The maximum atomic E-state index is 12.7. The Hall–Kier alpha value is -3.31. The third-order valence-corrected chi connectivity index (χ3v) is 7.08. The van der Waals surface area contributed by atoms with E-state index >= 15 is 0 Å². The van der Waals surface area contributed by atoms with Crippen LogP contribution >= 0.6 is 0 Å². The Bertz CT molecular complexity index is 1320. The third kappa shape index (κ3) is 5.04. The van der Waals surface area contributed by atoms with Gasteiger partial charge >= 0.3 is 5.76 Å². The number of nitrogens with zero attached hydrogens (tertiary/aromatic N) is 1. The van der Waals surface area contributed by atoms with Gasteiger partial charge in [-0.15, -0.1) is 0 Å². The molecule has 33 heavy (non-hydrogen) atoms. The molecule has 4 rings (SSSR count). The molecule has 1 aliphatic rings. The van der Waals surface area contributed by atoms with Gasteiger partial charge < -0.3 is 19.2 Å². The second-order valence-corrected chi connectivity index (χ2v) is 9.55. The van der Waals surface area contributed by atoms with E-state index < -0.39 is 21.7 Å². The SMILES string of the molecule is COc1cc(NC(=O)Cn2c(=O)oc3cc(S(=O)(=O)NC4CCCC4)ccc32)cc(OC)c1. The average molecular weight is 476 g/mol. The Kier molecular flexibility index (Phi) is 6.43. The number of ether oxygens (including phenoxy) is 2. The lowest BCUT2D eigenvalue weighted by Gasteiger charge is -2.12. The summed E-state index contributed by atoms with van der Waals surface area (Å²) in [6.45, 7) is -0.322. The molecule has 0 aliphatic heterocycles. The van der Waals surface area contributed by atoms with Crippen LogP contribution in [0.4, 0.5) is 5.69 Å². The van der Waals surface area contributed by atoms with Crippen molar-refractivity contribution in [1.29, 1.82) is 0 Å². The summed E-state index contributed by atoms with van der Waals surface area (Å²) < 4.78 is 44.8. The van der Waals surface area contributed by atoms with Crippen LogP contribution in [0.1, 0.15) is 25.7 Å². The van der Waals surface area contributed by atoms with Crippen molar-refractivity contribution >= 4 is 32.7 Å². The fourth-order valence-corrected chi connectivity index (χ4v) is 5.24. The quantitative estimate of drug-likeness (QED) is 0.512. The predicted octanol–water partition coefficient (Wildman–Crippen LogP) is 2.47. The maximum absolute atomic E-state index is 12.7. The number of hydrogen-bond donors (Lipinski definition) is 2. The lowest BCUT2D eigenvalue weighted by Crippen LogP contribution is -2.32. The molecule has 0 radical (unpaired) electrons. The van der Waals surface area contributed by atoms with E-state index in [9.17, 15) is 18.0 Å². The Balaban J connectivity index is 1.54. The molecular formula is C22H25N3O7S. The van der Waals surface area contributed by atoms with Gasteiger partial charge in [-0.05, 0) is 25.0 Å². The first-order valence-corrected chi connectivity index (χ1v) is 12.0. The number of fused-ring (bicyclic) bond motifs is 1. The highest BCUT2D eigenvalue weighted by molar-refractivity contribution is 7.89. The molecule has 1 fully saturated rings. The molecular weight excluding hydrogens is 450 g/mol. The van der Waals surface area contributed by atoms with Crippen LogP contribution < -0.4 is 25.3 Å². The molecule has 0 bridgehead atoms. The zero-order valence-corrected chi connectivity index (χ0v) is 19.1. The minimum Gasteiger partial charge on any atom is -0.497 e. The van der Waals surface area contributed by atoms with Crippen LogP contribution in [0.25, 0.3) is 11.1 Å². The topological polar surface area (TPSA) is 129 Å². The van der Waals surface area contributed by atoms with Gasteiger partial charge in [-0.1, -0.05) is 12.8 Å². The van der Waals surface area contributed by atoms with Crippen molar-refractivity contribution in [3.05, 3.63) is 46.9 Å². The predicted molar refractivity (Wildman–Crippen MR) is 121 cm³/mol. The van der Waals surface area contributed by atoms with E-state index in [1.807, 2.05) is 0 Å². The molecule has 0 unspecified atom stereocenters. The molecule has 2 aromatic carbocycles. The molecule has 0 saturated heterocycles. The second kappa shape index (κ2) is 9.28. The molecule has 10 nitrogen and oxygen atoms in total. The largest absolute Gasteiger partial charge is 0.497 e. The third-order valence-electron chi connectivity index (χ3n) is 5.56. The number of carbonyl (C=O) groups is 1. The lowest BCUT2D eigenvalue weighted by atomic mass is 10.2. The van der Waals surface area contributed by atoms with Crippen molar-refractivity contribution in [3.63, 3.8) is 0 Å². The van der Waals surface area contributed by atoms with Crippen molar-refractivity contribution in [3.8, 4) is 11.5 Å². The van der Waals surface area contributed by atoms with Gasteiger partial charge in [-0.25, -0.2) is 17.9 Å². The summed E-state index contributed by atoms with van der Waals surface area (Å²) in [4.78, 5) is 25.0. The highest BCUT2D eigenvalue weighted by Gasteiger charge is 2.24. The fraction of sp³-hybridized carbons (Fsp3) is 0.364. The van der Waals surface area contributed by atoms with Gasteiger partial charge in [0.05, 0.1) is 24.6 Å². The Labute approximate surface area is 190 Å². The van der Waals surface area contributed by atoms with E-state index in [2.05, 4.69) is 10.0 Å². The first-order chi connectivity index (χ1) is 15.8. The second-order valence-electron chi connectivity index (χ2n) is 7.84. The van der Waals surface area contributed by atoms with Crippen molar-refractivity contribution in [1.82, 2.24) is 9.29 Å². The van der Waals surface area contributed by atoms with E-state index in [-0.39, 0.29) is 23.1 Å². The van der Waals surface area contributed by atoms with Crippen molar-refractivity contribution < 1.29 is 27.1 Å². The Morgan fingerprint density at radius 3 is 2.39 bits per heavy atom. The molecule has 1 aliphatic carbocycles. The molecule has 0 spiro atoms. The fourth-order valence-electron chi connectivity index (χ4n) is 3.92. The van der Waals surface area contributed by atoms with Gasteiger partial charge in [-0.3, -0.25) is 9.36 Å². The molecule has 11 heteroatoms. The molecule has 1 amide bonds. The number of sulfonamides is 1. The van der Waals surface area contributed by atoms with Crippen molar-refractivity contribution in [2.24, 2.45) is 0 Å². The number of carbonyl (C=O) groups excluding carboxylic acids is 1. The van der Waals surface area contributed by atoms with Gasteiger partial charge in [0.2, 0.25) is 15.9 Å². The molecule has 1 saturated carbocycles. The van der Waals surface area contributed by atoms with E-state index in [0.29, 0.717) is 22.7 Å². The summed E-state index contributed by atoms with van der Waals surface area (Å²) in [5.41, 5.74) is 0.840. The molecule has 3 aromatic rings. The number of methoxy groups -OCH3 is 2. The summed E-state index contributed by atoms with van der Waals surface area (Å²) in [5, 5.41) is 2.69. The van der Waals surface area contributed by atoms with Crippen LogP contribution in [0.3, 0.4) is 0 Å². The monoisotopic (exact) mass is 475 g/mol. The van der Waals surface area contributed by atoms with Gasteiger partial charge in [0.25, 0.3) is 0 Å². The van der Waals surface area contributed by atoms with Crippen LogP contribution in [0.5, 0.6) is 11.5 Å². The minimum absolute atomic E-state index is 0.00993. The summed E-state index contributed by atoms with van der Waals surface area (Å²) in [7, 11) is -0.749. The first kappa shape index (κ1) is 22.9. The number of rotatable bonds is 8. The summed E-state index contributed by atoms with van der Waals surface area (Å²) >= 11 is 0. The Morgan fingerprint density at radius 2 is 1.76 bits per heavy atom. The number of nitrogens with one attached hydrogen (secondary N) is 2. The maximum Gasteiger partial charge on any atom is 0.420 e. The van der Waals surface area contributed by atoms with E-state index in [1.54, 1.807) is 18.2 Å². The zero-order valence-electron chi connectivity index (χ0n) is 18.3. The molecule has 176 valence electrons. The number of aromatic nitrogens is 1. The van der Waals surface area contributed by atoms with Crippen LogP contribution in [0, 0.1) is 0 Å². The van der Waals surface area contributed by atoms with Gasteiger partial charge in [0.1, 0.15) is 18.0 Å². The smallest absolute Gasteiger partial charge is 0.420 e. The highest BCUT2D eigenvalue weighted by Crippen LogP contribution is 2.26. The van der Waals surface area contributed by atoms with Crippen molar-refractivity contribution in [2.75, 3.05) is 19.5 Å². The number of oxazole rings is 1. The van der Waals surface area contributed by atoms with E-state index in [0.717, 1.165) is 30.3 Å². The number of hydrogen-bond acceptors (Lipinski definition) is 7. The van der Waals surface area contributed by atoms with Crippen LogP contribution in [-0.2, 0) is 21.4 Å². The first-order valence-electron chi connectivity index (χ1n) is 10.5. The van der Waals surface area contributed by atoms with Gasteiger partial charge in [-0.2, -0.15) is 0 Å². The van der Waals surface area contributed by atoms with Crippen LogP contribution in [0.2, 0.25) is 0 Å². The number of benzene rings is 2. The molecule has 1 heterocycles. The minimum atomic E-state index is -3.74. The van der Waals surface area contributed by atoms with Gasteiger partial charge in [0, 0.05) is 36.0 Å². The van der Waals surface area contributed by atoms with Gasteiger partial charge in [0.15, 0.2) is 5.58 Å². The number of amides is 1. The highest BCUT2D eigenvalue weighted by atomic mass is 32.2. The summed E-state index contributed by atoms with van der Waals surface area (Å²) in [5.74, 6) is -0.248. The Morgan fingerprint density at radius 1 is 1.09 bits per heavy atom. The molecule has 0 atom stereocenters. The zero-order chi connectivity index (χ0) is 23.6. The molecule has 1 aromatic heterocycles. The standard InChI is InChI=1S/C22H25N3O7S/c1-30-16-9-15(10-17(11-16)31-2)23-21(26)13-25-19-8-7-18(12-20(19)32-22(25)27)33(28,29)24-14-5-3-4-6-14/h7-12,14,24H,3-6,13H2,1-2H3,(H,23,26). The summed E-state index contributed by atoms with van der Waals surface area (Å²) in [6, 6.07) is 8.98. The molecule has 2 N–H and O–H groups in total. The normalized spacial score (nSPS) is 14.5.